The molecule has 0 aliphatic heterocycles. The van der Waals surface area contributed by atoms with Gasteiger partial charge in [0, 0.05) is 18.6 Å². The minimum Gasteiger partial charge on any atom is -0.313 e. The van der Waals surface area contributed by atoms with Gasteiger partial charge in [-0.15, -0.1) is 12.4 Å². The summed E-state index contributed by atoms with van der Waals surface area (Å²) in [5.74, 6) is 0. The van der Waals surface area contributed by atoms with E-state index in [1.807, 2.05) is 42.3 Å². The Morgan fingerprint density at radius 2 is 1.89 bits per heavy atom. The van der Waals surface area contributed by atoms with Crippen LogP contribution in [0.3, 0.4) is 0 Å². The zero-order valence-corrected chi connectivity index (χ0v) is 11.9. The average Bonchev–Trinajstić information content (AvgIpc) is 3.10. The van der Waals surface area contributed by atoms with Crippen molar-refractivity contribution in [3.05, 3.63) is 35.9 Å². The number of halogens is 3. The number of hydrogen-bond acceptors (Lipinski definition) is 2. The van der Waals surface area contributed by atoms with Crippen LogP contribution in [0.2, 0.25) is 0 Å². The molecule has 0 unspecified atom stereocenters. The quantitative estimate of drug-likeness (QED) is 0.831. The number of rotatable bonds is 7. The molecular formula is C14H21ClF2N2. The second kappa shape index (κ2) is 7.17. The number of likely N-dealkylation sites (N-methyl/N-ethyl adjacent to an activating group) is 1. The summed E-state index contributed by atoms with van der Waals surface area (Å²) in [7, 11) is 1.91. The molecule has 0 heterocycles. The second-order valence-corrected chi connectivity index (χ2v) is 5.08. The normalized spacial score (nSPS) is 16.5. The van der Waals surface area contributed by atoms with Gasteiger partial charge in [0.2, 0.25) is 0 Å². The first-order valence-electron chi connectivity index (χ1n) is 6.37. The van der Waals surface area contributed by atoms with Gasteiger partial charge in [0.05, 0.1) is 6.54 Å². The maximum absolute atomic E-state index is 12.6. The van der Waals surface area contributed by atoms with Gasteiger partial charge in [-0.3, -0.25) is 4.90 Å². The fraction of sp³-hybridized carbons (Fsp3) is 0.571. The van der Waals surface area contributed by atoms with Crippen LogP contribution in [0.5, 0.6) is 0 Å². The molecule has 0 radical (unpaired) electrons. The van der Waals surface area contributed by atoms with E-state index in [-0.39, 0.29) is 24.5 Å². The molecule has 1 fully saturated rings. The SMILES string of the molecule is CNC1(CN(Cc2ccccc2)CC(F)F)CC1.Cl. The molecule has 1 aromatic rings. The van der Waals surface area contributed by atoms with Crippen molar-refractivity contribution in [1.82, 2.24) is 10.2 Å². The molecule has 1 aromatic carbocycles. The summed E-state index contributed by atoms with van der Waals surface area (Å²) >= 11 is 0. The second-order valence-electron chi connectivity index (χ2n) is 5.08. The van der Waals surface area contributed by atoms with E-state index in [2.05, 4.69) is 5.32 Å². The van der Waals surface area contributed by atoms with Crippen molar-refractivity contribution >= 4 is 12.4 Å². The van der Waals surface area contributed by atoms with E-state index >= 15 is 0 Å². The minimum atomic E-state index is -2.28. The molecule has 0 amide bonds. The summed E-state index contributed by atoms with van der Waals surface area (Å²) in [6.07, 6.45) is -0.114. The fourth-order valence-electron chi connectivity index (χ4n) is 2.29. The Kier molecular flexibility index (Phi) is 6.17. The number of hydrogen-bond donors (Lipinski definition) is 1. The standard InChI is InChI=1S/C14H20F2N2.ClH/c1-17-14(7-8-14)11-18(10-13(15)16)9-12-5-3-2-4-6-12;/h2-6,13,17H,7-11H2,1H3;1H. The lowest BCUT2D eigenvalue weighted by Gasteiger charge is -2.27. The molecule has 1 aliphatic carbocycles. The summed E-state index contributed by atoms with van der Waals surface area (Å²) in [4.78, 5) is 1.85. The fourth-order valence-corrected chi connectivity index (χ4v) is 2.29. The molecule has 1 N–H and O–H groups in total. The smallest absolute Gasteiger partial charge is 0.251 e. The largest absolute Gasteiger partial charge is 0.313 e. The number of benzene rings is 1. The minimum absolute atomic E-state index is 0. The van der Waals surface area contributed by atoms with Crippen molar-refractivity contribution in [2.45, 2.75) is 31.4 Å². The van der Waals surface area contributed by atoms with Crippen LogP contribution in [0.4, 0.5) is 8.78 Å². The van der Waals surface area contributed by atoms with Gasteiger partial charge in [-0.2, -0.15) is 0 Å². The molecule has 0 bridgehead atoms. The summed E-state index contributed by atoms with van der Waals surface area (Å²) in [5, 5.41) is 3.26. The Labute approximate surface area is 119 Å². The molecule has 5 heteroatoms. The lowest BCUT2D eigenvalue weighted by atomic mass is 10.2. The molecular weight excluding hydrogens is 270 g/mol. The Morgan fingerprint density at radius 3 is 2.37 bits per heavy atom. The molecule has 0 aromatic heterocycles. The molecule has 0 spiro atoms. The first-order valence-corrected chi connectivity index (χ1v) is 6.37. The third-order valence-electron chi connectivity index (χ3n) is 3.56. The van der Waals surface area contributed by atoms with Crippen molar-refractivity contribution in [2.75, 3.05) is 20.1 Å². The third-order valence-corrected chi connectivity index (χ3v) is 3.56. The monoisotopic (exact) mass is 290 g/mol. The maximum Gasteiger partial charge on any atom is 0.251 e. The van der Waals surface area contributed by atoms with Crippen LogP contribution in [0.1, 0.15) is 18.4 Å². The van der Waals surface area contributed by atoms with E-state index in [1.165, 1.54) is 0 Å². The van der Waals surface area contributed by atoms with Crippen LogP contribution >= 0.6 is 12.4 Å². The van der Waals surface area contributed by atoms with Crippen LogP contribution < -0.4 is 5.32 Å². The highest BCUT2D eigenvalue weighted by molar-refractivity contribution is 5.85. The van der Waals surface area contributed by atoms with Crippen molar-refractivity contribution in [3.8, 4) is 0 Å². The van der Waals surface area contributed by atoms with Crippen molar-refractivity contribution < 1.29 is 8.78 Å². The van der Waals surface area contributed by atoms with Gasteiger partial charge in [0.25, 0.3) is 6.43 Å². The van der Waals surface area contributed by atoms with Gasteiger partial charge >= 0.3 is 0 Å². The van der Waals surface area contributed by atoms with Crippen molar-refractivity contribution in [1.29, 1.82) is 0 Å². The van der Waals surface area contributed by atoms with Crippen LogP contribution in [-0.4, -0.2) is 37.0 Å². The van der Waals surface area contributed by atoms with E-state index < -0.39 is 6.43 Å². The lowest BCUT2D eigenvalue weighted by molar-refractivity contribution is 0.0780. The highest BCUT2D eigenvalue weighted by Gasteiger charge is 2.42. The Hall–Kier alpha value is -0.710. The van der Waals surface area contributed by atoms with Gasteiger partial charge < -0.3 is 5.32 Å². The summed E-state index contributed by atoms with van der Waals surface area (Å²) in [5.41, 5.74) is 1.16. The molecule has 108 valence electrons. The highest BCUT2D eigenvalue weighted by atomic mass is 35.5. The van der Waals surface area contributed by atoms with Crippen LogP contribution in [0.15, 0.2) is 30.3 Å². The zero-order valence-electron chi connectivity index (χ0n) is 11.1. The summed E-state index contributed by atoms with van der Waals surface area (Å²) in [6.45, 7) is 1.13. The third kappa shape index (κ3) is 5.05. The Morgan fingerprint density at radius 1 is 1.26 bits per heavy atom. The van der Waals surface area contributed by atoms with Gasteiger partial charge in [-0.05, 0) is 25.5 Å². The molecule has 1 aliphatic rings. The Bertz CT molecular complexity index is 369. The summed E-state index contributed by atoms with van der Waals surface area (Å²) < 4.78 is 25.3. The van der Waals surface area contributed by atoms with Crippen LogP contribution in [-0.2, 0) is 6.54 Å². The van der Waals surface area contributed by atoms with E-state index in [9.17, 15) is 8.78 Å². The van der Waals surface area contributed by atoms with E-state index in [1.54, 1.807) is 0 Å². The van der Waals surface area contributed by atoms with Crippen LogP contribution in [0.25, 0.3) is 0 Å². The van der Waals surface area contributed by atoms with Gasteiger partial charge in [-0.1, -0.05) is 30.3 Å². The maximum atomic E-state index is 12.6. The topological polar surface area (TPSA) is 15.3 Å². The van der Waals surface area contributed by atoms with Gasteiger partial charge in [0.15, 0.2) is 0 Å². The van der Waals surface area contributed by atoms with Gasteiger partial charge in [-0.25, -0.2) is 8.78 Å². The molecule has 19 heavy (non-hydrogen) atoms. The van der Waals surface area contributed by atoms with E-state index in [0.717, 1.165) is 18.4 Å². The lowest BCUT2D eigenvalue weighted by Crippen LogP contribution is -2.42. The molecule has 2 rings (SSSR count). The highest BCUT2D eigenvalue weighted by Crippen LogP contribution is 2.36. The molecule has 1 saturated carbocycles. The number of nitrogens with one attached hydrogen (secondary N) is 1. The first-order chi connectivity index (χ1) is 8.63. The zero-order chi connectivity index (χ0) is 13.0. The molecule has 0 atom stereocenters. The number of alkyl halides is 2. The van der Waals surface area contributed by atoms with Crippen LogP contribution in [0, 0.1) is 0 Å². The molecule has 2 nitrogen and oxygen atoms in total. The average molecular weight is 291 g/mol. The van der Waals surface area contributed by atoms with Gasteiger partial charge in [0.1, 0.15) is 0 Å². The van der Waals surface area contributed by atoms with Crippen molar-refractivity contribution in [3.63, 3.8) is 0 Å². The van der Waals surface area contributed by atoms with E-state index in [4.69, 9.17) is 0 Å². The first kappa shape index (κ1) is 16.3. The summed E-state index contributed by atoms with van der Waals surface area (Å²) in [6, 6.07) is 9.80. The Balaban J connectivity index is 0.00000180. The van der Waals surface area contributed by atoms with E-state index in [0.29, 0.717) is 13.1 Å². The number of nitrogens with zero attached hydrogens (tertiary/aromatic N) is 1. The van der Waals surface area contributed by atoms with Crippen molar-refractivity contribution in [2.24, 2.45) is 0 Å². The predicted molar refractivity (Wildman–Crippen MR) is 76.0 cm³/mol. The molecule has 0 saturated heterocycles. The predicted octanol–water partition coefficient (Wildman–Crippen LogP) is 2.93.